The van der Waals surface area contributed by atoms with Crippen LogP contribution in [0, 0.1) is 0 Å². The third-order valence-electron chi connectivity index (χ3n) is 3.41. The Balaban J connectivity index is 2.00. The number of carbonyl (C=O) groups is 1. The molecule has 4 nitrogen and oxygen atoms in total. The van der Waals surface area contributed by atoms with Crippen LogP contribution >= 0.6 is 0 Å². The molecule has 0 amide bonds. The lowest BCUT2D eigenvalue weighted by atomic mass is 10.1. The molecule has 4 heteroatoms. The first kappa shape index (κ1) is 11.3. The van der Waals surface area contributed by atoms with E-state index >= 15 is 0 Å². The molecule has 0 bridgehead atoms. The van der Waals surface area contributed by atoms with Crippen molar-refractivity contribution in [1.82, 2.24) is 4.57 Å². The fourth-order valence-corrected chi connectivity index (χ4v) is 2.32. The summed E-state index contributed by atoms with van der Waals surface area (Å²) in [5.41, 5.74) is 1.66. The fraction of sp³-hybridized carbons (Fsp3) is 0.357. The number of rotatable bonds is 3. The van der Waals surface area contributed by atoms with Crippen LogP contribution in [0.4, 0.5) is 0 Å². The van der Waals surface area contributed by atoms with Crippen molar-refractivity contribution in [3.8, 4) is 0 Å². The predicted molar refractivity (Wildman–Crippen MR) is 67.6 cm³/mol. The van der Waals surface area contributed by atoms with Gasteiger partial charge in [-0.15, -0.1) is 0 Å². The maximum atomic E-state index is 11.7. The van der Waals surface area contributed by atoms with Gasteiger partial charge in [-0.3, -0.25) is 0 Å². The van der Waals surface area contributed by atoms with Gasteiger partial charge in [-0.2, -0.15) is 0 Å². The maximum Gasteiger partial charge on any atom is 0.338 e. The number of carbonyl (C=O) groups excluding carboxylic acids is 1. The SMILES string of the molecule is COC(=O)c1cccc2c1ccn2CC1CCO1. The second kappa shape index (κ2) is 4.46. The van der Waals surface area contributed by atoms with E-state index in [1.54, 1.807) is 6.07 Å². The average Bonchev–Trinajstić information content (AvgIpc) is 2.76. The van der Waals surface area contributed by atoms with Crippen molar-refractivity contribution < 1.29 is 14.3 Å². The summed E-state index contributed by atoms with van der Waals surface area (Å²) in [4.78, 5) is 11.7. The molecule has 18 heavy (non-hydrogen) atoms. The van der Waals surface area contributed by atoms with Crippen LogP contribution in [0.5, 0.6) is 0 Å². The van der Waals surface area contributed by atoms with Crippen LogP contribution in [0.25, 0.3) is 10.9 Å². The van der Waals surface area contributed by atoms with Gasteiger partial charge in [-0.1, -0.05) is 6.07 Å². The molecule has 0 N–H and O–H groups in total. The first-order valence-electron chi connectivity index (χ1n) is 6.07. The lowest BCUT2D eigenvalue weighted by Crippen LogP contribution is -2.30. The topological polar surface area (TPSA) is 40.5 Å². The first-order chi connectivity index (χ1) is 8.79. The number of methoxy groups -OCH3 is 1. The first-order valence-corrected chi connectivity index (χ1v) is 6.07. The molecule has 0 aliphatic carbocycles. The third kappa shape index (κ3) is 1.78. The van der Waals surface area contributed by atoms with E-state index in [0.29, 0.717) is 11.7 Å². The van der Waals surface area contributed by atoms with Crippen LogP contribution in [0.1, 0.15) is 16.8 Å². The molecule has 3 rings (SSSR count). The fourth-order valence-electron chi connectivity index (χ4n) is 2.32. The van der Waals surface area contributed by atoms with E-state index in [1.807, 2.05) is 24.4 Å². The minimum atomic E-state index is -0.293. The van der Waals surface area contributed by atoms with Gasteiger partial charge in [0.25, 0.3) is 0 Å². The molecule has 1 aromatic carbocycles. The Morgan fingerprint density at radius 1 is 1.50 bits per heavy atom. The van der Waals surface area contributed by atoms with E-state index in [1.165, 1.54) is 7.11 Å². The largest absolute Gasteiger partial charge is 0.465 e. The van der Waals surface area contributed by atoms with Crippen molar-refractivity contribution in [3.05, 3.63) is 36.0 Å². The summed E-state index contributed by atoms with van der Waals surface area (Å²) in [6.07, 6.45) is 3.41. The number of benzene rings is 1. The Hall–Kier alpha value is -1.81. The summed E-state index contributed by atoms with van der Waals surface area (Å²) in [6.45, 7) is 1.70. The zero-order valence-corrected chi connectivity index (χ0v) is 10.3. The molecule has 1 aliphatic heterocycles. The van der Waals surface area contributed by atoms with Gasteiger partial charge in [-0.05, 0) is 24.6 Å². The monoisotopic (exact) mass is 245 g/mol. The van der Waals surface area contributed by atoms with Gasteiger partial charge in [0.05, 0.1) is 18.8 Å². The molecule has 1 atom stereocenters. The van der Waals surface area contributed by atoms with Crippen LogP contribution in [-0.4, -0.2) is 30.4 Å². The molecule has 1 fully saturated rings. The highest BCUT2D eigenvalue weighted by Gasteiger charge is 2.20. The predicted octanol–water partition coefficient (Wildman–Crippen LogP) is 2.22. The third-order valence-corrected chi connectivity index (χ3v) is 3.41. The number of hydrogen-bond acceptors (Lipinski definition) is 3. The normalized spacial score (nSPS) is 18.6. The summed E-state index contributed by atoms with van der Waals surface area (Å²) in [5.74, 6) is -0.293. The number of hydrogen-bond donors (Lipinski definition) is 0. The van der Waals surface area contributed by atoms with E-state index in [-0.39, 0.29) is 5.97 Å². The molecule has 1 unspecified atom stereocenters. The minimum Gasteiger partial charge on any atom is -0.465 e. The highest BCUT2D eigenvalue weighted by Crippen LogP contribution is 2.23. The van der Waals surface area contributed by atoms with Crippen molar-refractivity contribution in [1.29, 1.82) is 0 Å². The van der Waals surface area contributed by atoms with Gasteiger partial charge in [-0.25, -0.2) is 4.79 Å². The Labute approximate surface area is 105 Å². The Bertz CT molecular complexity index is 584. The molecular weight excluding hydrogens is 230 g/mol. The second-order valence-electron chi connectivity index (χ2n) is 4.48. The molecule has 0 radical (unpaired) electrons. The van der Waals surface area contributed by atoms with E-state index in [2.05, 4.69) is 4.57 Å². The van der Waals surface area contributed by atoms with Gasteiger partial charge in [0.15, 0.2) is 0 Å². The van der Waals surface area contributed by atoms with Gasteiger partial charge in [0.2, 0.25) is 0 Å². The molecule has 1 aromatic heterocycles. The van der Waals surface area contributed by atoms with Crippen molar-refractivity contribution in [2.45, 2.75) is 19.1 Å². The van der Waals surface area contributed by atoms with E-state index in [9.17, 15) is 4.79 Å². The van der Waals surface area contributed by atoms with Crippen LogP contribution < -0.4 is 0 Å². The van der Waals surface area contributed by atoms with Crippen LogP contribution in [0.3, 0.4) is 0 Å². The zero-order chi connectivity index (χ0) is 12.5. The van der Waals surface area contributed by atoms with Gasteiger partial charge in [0.1, 0.15) is 0 Å². The Kier molecular flexibility index (Phi) is 2.80. The zero-order valence-electron chi connectivity index (χ0n) is 10.3. The summed E-state index contributed by atoms with van der Waals surface area (Å²) in [6, 6.07) is 7.64. The van der Waals surface area contributed by atoms with E-state index in [0.717, 1.165) is 30.5 Å². The number of nitrogens with zero attached hydrogens (tertiary/aromatic N) is 1. The van der Waals surface area contributed by atoms with Crippen molar-refractivity contribution in [3.63, 3.8) is 0 Å². The smallest absolute Gasteiger partial charge is 0.338 e. The van der Waals surface area contributed by atoms with Crippen LogP contribution in [0.15, 0.2) is 30.5 Å². The van der Waals surface area contributed by atoms with E-state index < -0.39 is 0 Å². The molecular formula is C14H15NO3. The van der Waals surface area contributed by atoms with Crippen LogP contribution in [0.2, 0.25) is 0 Å². The van der Waals surface area contributed by atoms with Crippen molar-refractivity contribution in [2.75, 3.05) is 13.7 Å². The Morgan fingerprint density at radius 3 is 3.00 bits per heavy atom. The molecule has 0 spiro atoms. The van der Waals surface area contributed by atoms with E-state index in [4.69, 9.17) is 9.47 Å². The quantitative estimate of drug-likeness (QED) is 0.778. The lowest BCUT2D eigenvalue weighted by Gasteiger charge is -2.27. The summed E-state index contributed by atoms with van der Waals surface area (Å²) < 4.78 is 12.4. The second-order valence-corrected chi connectivity index (χ2v) is 4.48. The maximum absolute atomic E-state index is 11.7. The molecule has 1 aliphatic rings. The summed E-state index contributed by atoms with van der Waals surface area (Å²) in [5, 5.41) is 0.934. The molecule has 2 aromatic rings. The minimum absolute atomic E-state index is 0.293. The number of esters is 1. The molecule has 2 heterocycles. The molecule has 94 valence electrons. The van der Waals surface area contributed by atoms with Crippen molar-refractivity contribution >= 4 is 16.9 Å². The lowest BCUT2D eigenvalue weighted by molar-refractivity contribution is -0.0586. The van der Waals surface area contributed by atoms with Crippen LogP contribution in [-0.2, 0) is 16.0 Å². The van der Waals surface area contributed by atoms with Crippen molar-refractivity contribution in [2.24, 2.45) is 0 Å². The Morgan fingerprint density at radius 2 is 2.33 bits per heavy atom. The van der Waals surface area contributed by atoms with Gasteiger partial charge < -0.3 is 14.0 Å². The number of ether oxygens (including phenoxy) is 2. The highest BCUT2D eigenvalue weighted by molar-refractivity contribution is 6.03. The van der Waals surface area contributed by atoms with Gasteiger partial charge in [0, 0.05) is 30.3 Å². The summed E-state index contributed by atoms with van der Waals surface area (Å²) in [7, 11) is 1.40. The number of aromatic nitrogens is 1. The highest BCUT2D eigenvalue weighted by atomic mass is 16.5. The number of fused-ring (bicyclic) bond motifs is 1. The average molecular weight is 245 g/mol. The standard InChI is InChI=1S/C14H15NO3/c1-17-14(16)12-3-2-4-13-11(12)5-7-15(13)9-10-6-8-18-10/h2-5,7,10H,6,8-9H2,1H3. The van der Waals surface area contributed by atoms with Gasteiger partial charge >= 0.3 is 5.97 Å². The molecule has 1 saturated heterocycles. The molecule has 0 saturated carbocycles. The summed E-state index contributed by atoms with van der Waals surface area (Å²) >= 11 is 0.